The van der Waals surface area contributed by atoms with Crippen molar-refractivity contribution < 1.29 is 18.8 Å². The number of hydrogen-bond acceptors (Lipinski definition) is 3. The van der Waals surface area contributed by atoms with E-state index in [0.29, 0.717) is 22.4 Å². The van der Waals surface area contributed by atoms with Crippen molar-refractivity contribution in [1.82, 2.24) is 5.32 Å². The monoisotopic (exact) mass is 602 g/mol. The Bertz CT molecular complexity index is 1550. The zero-order chi connectivity index (χ0) is 27.8. The zero-order valence-corrected chi connectivity index (χ0v) is 22.7. The summed E-state index contributed by atoms with van der Waals surface area (Å²) < 4.78 is 14.8. The normalized spacial score (nSPS) is 11.3. The van der Waals surface area contributed by atoms with Crippen LogP contribution in [0.25, 0.3) is 12.2 Å². The van der Waals surface area contributed by atoms with Gasteiger partial charge in [0.2, 0.25) is 0 Å². The fourth-order valence-corrected chi connectivity index (χ4v) is 4.00. The molecule has 2 amide bonds. The van der Waals surface area contributed by atoms with Crippen LogP contribution in [-0.2, 0) is 4.79 Å². The van der Waals surface area contributed by atoms with Gasteiger partial charge in [-0.25, -0.2) is 4.39 Å². The second-order valence-corrected chi connectivity index (χ2v) is 9.62. The van der Waals surface area contributed by atoms with Gasteiger partial charge in [-0.2, -0.15) is 0 Å². The zero-order valence-electron chi connectivity index (χ0n) is 20.3. The molecule has 0 heterocycles. The second-order valence-electron chi connectivity index (χ2n) is 8.29. The molecule has 0 bridgehead atoms. The molecule has 0 spiro atoms. The summed E-state index contributed by atoms with van der Waals surface area (Å²) in [6, 6.07) is 26.3. The van der Waals surface area contributed by atoms with Crippen molar-refractivity contribution in [3.8, 4) is 0 Å². The van der Waals surface area contributed by atoms with Crippen molar-refractivity contribution in [3.63, 3.8) is 0 Å². The van der Waals surface area contributed by atoms with E-state index in [4.69, 9.17) is 11.6 Å². The van der Waals surface area contributed by atoms with E-state index >= 15 is 0 Å². The molecule has 0 aliphatic heterocycles. The molecule has 4 rings (SSSR count). The van der Waals surface area contributed by atoms with Crippen molar-refractivity contribution in [2.45, 2.75) is 0 Å². The summed E-state index contributed by atoms with van der Waals surface area (Å²) in [7, 11) is 0. The lowest BCUT2D eigenvalue weighted by Crippen LogP contribution is -2.30. The van der Waals surface area contributed by atoms with Gasteiger partial charge in [-0.1, -0.05) is 63.9 Å². The molecule has 0 atom stereocenters. The van der Waals surface area contributed by atoms with Gasteiger partial charge in [0.25, 0.3) is 11.8 Å². The maximum atomic E-state index is 14.0. The van der Waals surface area contributed by atoms with Crippen molar-refractivity contribution >= 4 is 63.0 Å². The van der Waals surface area contributed by atoms with Crippen LogP contribution in [-0.4, -0.2) is 17.6 Å². The van der Waals surface area contributed by atoms with Crippen LogP contribution < -0.4 is 10.6 Å². The third-order valence-electron chi connectivity index (χ3n) is 5.54. The lowest BCUT2D eigenvalue weighted by Gasteiger charge is -2.12. The van der Waals surface area contributed by atoms with Crippen LogP contribution in [0.15, 0.2) is 113 Å². The number of carbonyl (C=O) groups excluding carboxylic acids is 3. The SMILES string of the molecule is O=C(Nc1ccc(C(=O)/C=C/c2c(F)cccc2Cl)cc1)/C(=C/c1ccc(Br)cc1)NC(=O)c1ccccc1. The van der Waals surface area contributed by atoms with Crippen LogP contribution in [0.3, 0.4) is 0 Å². The Morgan fingerprint density at radius 1 is 0.795 bits per heavy atom. The van der Waals surface area contributed by atoms with Crippen LogP contribution >= 0.6 is 27.5 Å². The van der Waals surface area contributed by atoms with E-state index in [1.54, 1.807) is 60.7 Å². The van der Waals surface area contributed by atoms with Crippen molar-refractivity contribution in [2.75, 3.05) is 5.32 Å². The maximum Gasteiger partial charge on any atom is 0.272 e. The molecule has 0 saturated heterocycles. The van der Waals surface area contributed by atoms with Gasteiger partial charge in [0.05, 0.1) is 5.02 Å². The van der Waals surface area contributed by atoms with Crippen molar-refractivity contribution in [1.29, 1.82) is 0 Å². The molecule has 39 heavy (non-hydrogen) atoms. The van der Waals surface area contributed by atoms with Crippen molar-refractivity contribution in [3.05, 3.63) is 146 Å². The van der Waals surface area contributed by atoms with Crippen LogP contribution in [0.5, 0.6) is 0 Å². The molecule has 5 nitrogen and oxygen atoms in total. The Balaban J connectivity index is 1.50. The first-order valence-corrected chi connectivity index (χ1v) is 12.9. The third kappa shape index (κ3) is 7.60. The Kier molecular flexibility index (Phi) is 9.20. The predicted molar refractivity (Wildman–Crippen MR) is 156 cm³/mol. The number of rotatable bonds is 8. The molecule has 0 fully saturated rings. The molecular weight excluding hydrogens is 583 g/mol. The molecule has 0 saturated carbocycles. The number of allylic oxidation sites excluding steroid dienone is 1. The van der Waals surface area contributed by atoms with E-state index < -0.39 is 17.6 Å². The fraction of sp³-hybridized carbons (Fsp3) is 0. The Labute approximate surface area is 238 Å². The highest BCUT2D eigenvalue weighted by Crippen LogP contribution is 2.21. The molecular formula is C31H21BrClFN2O3. The van der Waals surface area contributed by atoms with Crippen LogP contribution in [0.2, 0.25) is 5.02 Å². The summed E-state index contributed by atoms with van der Waals surface area (Å²) >= 11 is 9.38. The van der Waals surface area contributed by atoms with Gasteiger partial charge in [-0.3, -0.25) is 14.4 Å². The topological polar surface area (TPSA) is 75.3 Å². The van der Waals surface area contributed by atoms with E-state index in [1.807, 2.05) is 12.1 Å². The number of benzene rings is 4. The first-order chi connectivity index (χ1) is 18.8. The van der Waals surface area contributed by atoms with Crippen LogP contribution in [0.1, 0.15) is 31.8 Å². The summed E-state index contributed by atoms with van der Waals surface area (Å²) in [6.45, 7) is 0. The number of amides is 2. The summed E-state index contributed by atoms with van der Waals surface area (Å²) in [5, 5.41) is 5.62. The van der Waals surface area contributed by atoms with Gasteiger partial charge in [0.15, 0.2) is 5.78 Å². The first kappa shape index (κ1) is 27.7. The molecule has 194 valence electrons. The average Bonchev–Trinajstić information content (AvgIpc) is 2.94. The van der Waals surface area contributed by atoms with Gasteiger partial charge in [0, 0.05) is 26.9 Å². The number of anilines is 1. The Morgan fingerprint density at radius 2 is 1.49 bits per heavy atom. The Hall–Kier alpha value is -4.33. The van der Waals surface area contributed by atoms with Gasteiger partial charge in [-0.05, 0) is 84.5 Å². The van der Waals surface area contributed by atoms with Crippen molar-refractivity contribution in [2.24, 2.45) is 0 Å². The number of nitrogens with one attached hydrogen (secondary N) is 2. The highest BCUT2D eigenvalue weighted by molar-refractivity contribution is 9.10. The largest absolute Gasteiger partial charge is 0.321 e. The lowest BCUT2D eigenvalue weighted by atomic mass is 10.1. The van der Waals surface area contributed by atoms with Crippen LogP contribution in [0, 0.1) is 5.82 Å². The summed E-state index contributed by atoms with van der Waals surface area (Å²) in [6.07, 6.45) is 4.12. The van der Waals surface area contributed by atoms with Crippen LogP contribution in [0.4, 0.5) is 10.1 Å². The van der Waals surface area contributed by atoms with E-state index in [1.165, 1.54) is 42.5 Å². The second kappa shape index (κ2) is 13.0. The third-order valence-corrected chi connectivity index (χ3v) is 6.40. The smallest absolute Gasteiger partial charge is 0.272 e. The number of ketones is 1. The number of halogens is 3. The molecule has 0 aliphatic carbocycles. The van der Waals surface area contributed by atoms with E-state index in [0.717, 1.165) is 4.47 Å². The van der Waals surface area contributed by atoms with E-state index in [2.05, 4.69) is 26.6 Å². The minimum absolute atomic E-state index is 0.0380. The minimum Gasteiger partial charge on any atom is -0.321 e. The minimum atomic E-state index is -0.546. The Morgan fingerprint density at radius 3 is 2.15 bits per heavy atom. The molecule has 2 N–H and O–H groups in total. The molecule has 8 heteroatoms. The number of carbonyl (C=O) groups is 3. The first-order valence-electron chi connectivity index (χ1n) is 11.7. The van der Waals surface area contributed by atoms with E-state index in [9.17, 15) is 18.8 Å². The van der Waals surface area contributed by atoms with Gasteiger partial charge in [-0.15, -0.1) is 0 Å². The molecule has 4 aromatic rings. The average molecular weight is 604 g/mol. The predicted octanol–water partition coefficient (Wildman–Crippen LogP) is 7.55. The molecule has 0 unspecified atom stereocenters. The van der Waals surface area contributed by atoms with E-state index in [-0.39, 0.29) is 22.1 Å². The lowest BCUT2D eigenvalue weighted by molar-refractivity contribution is -0.113. The van der Waals surface area contributed by atoms with Gasteiger partial charge in [0.1, 0.15) is 11.5 Å². The molecule has 0 aromatic heterocycles. The molecule has 0 aliphatic rings. The van der Waals surface area contributed by atoms with Gasteiger partial charge < -0.3 is 10.6 Å². The summed E-state index contributed by atoms with van der Waals surface area (Å²) in [5.74, 6) is -1.87. The fourth-order valence-electron chi connectivity index (χ4n) is 3.51. The molecule has 0 radical (unpaired) electrons. The summed E-state index contributed by atoms with van der Waals surface area (Å²) in [5.41, 5.74) is 2.02. The number of hydrogen-bond donors (Lipinski definition) is 2. The summed E-state index contributed by atoms with van der Waals surface area (Å²) in [4.78, 5) is 38.5. The standard InChI is InChI=1S/C31H21BrClFN2O3/c32-23-13-9-20(10-14-23)19-28(36-30(38)22-5-2-1-3-6-22)31(39)35-24-15-11-21(12-16-24)29(37)18-17-25-26(33)7-4-8-27(25)34/h1-19H,(H,35,39)(H,36,38)/b18-17+,28-19-. The quantitative estimate of drug-likeness (QED) is 0.161. The molecule has 4 aromatic carbocycles. The van der Waals surface area contributed by atoms with Gasteiger partial charge >= 0.3 is 0 Å². The highest BCUT2D eigenvalue weighted by Gasteiger charge is 2.15. The highest BCUT2D eigenvalue weighted by atomic mass is 79.9. The maximum absolute atomic E-state index is 14.0.